The lowest BCUT2D eigenvalue weighted by Crippen LogP contribution is -2.43. The number of rotatable bonds is 8. The molecule has 0 bridgehead atoms. The molecule has 3 rings (SSSR count). The molecule has 0 aliphatic carbocycles. The predicted molar refractivity (Wildman–Crippen MR) is 104 cm³/mol. The Bertz CT molecular complexity index is 745. The van der Waals surface area contributed by atoms with Gasteiger partial charge in [-0.1, -0.05) is 42.1 Å². The zero-order valence-corrected chi connectivity index (χ0v) is 16.4. The second-order valence-corrected chi connectivity index (χ2v) is 7.94. The van der Waals surface area contributed by atoms with E-state index in [9.17, 15) is 9.90 Å². The Hall–Kier alpha value is -1.90. The molecule has 2 N–H and O–H groups in total. The largest absolute Gasteiger partial charge is 0.396 e. The first kappa shape index (κ1) is 19.9. The van der Waals surface area contributed by atoms with Gasteiger partial charge in [-0.25, -0.2) is 0 Å². The summed E-state index contributed by atoms with van der Waals surface area (Å²) in [6.45, 7) is 1.86. The molecule has 146 valence electrons. The normalized spacial score (nSPS) is 16.2. The van der Waals surface area contributed by atoms with Gasteiger partial charge in [0.05, 0.1) is 6.61 Å². The molecule has 0 radical (unpaired) electrons. The lowest BCUT2D eigenvalue weighted by Gasteiger charge is -2.35. The predicted octanol–water partition coefficient (Wildman–Crippen LogP) is 1.87. The van der Waals surface area contributed by atoms with Crippen molar-refractivity contribution in [1.82, 2.24) is 20.1 Å². The molecule has 1 aliphatic heterocycles. The summed E-state index contributed by atoms with van der Waals surface area (Å²) in [6.07, 6.45) is 1.95. The zero-order chi connectivity index (χ0) is 19.1. The number of aromatic nitrogens is 3. The summed E-state index contributed by atoms with van der Waals surface area (Å²) in [5.41, 5.74) is 0.776. The molecule has 1 aromatic heterocycles. The fourth-order valence-corrected chi connectivity index (χ4v) is 3.93. The maximum Gasteiger partial charge on any atom is 0.220 e. The molecule has 0 atom stereocenters. The molecule has 1 aromatic carbocycles. The minimum absolute atomic E-state index is 0.00716. The highest BCUT2D eigenvalue weighted by atomic mass is 32.2. The summed E-state index contributed by atoms with van der Waals surface area (Å²) < 4.78 is 7.30. The van der Waals surface area contributed by atoms with Crippen molar-refractivity contribution in [2.75, 3.05) is 32.1 Å². The maximum atomic E-state index is 12.2. The molecule has 2 aromatic rings. The van der Waals surface area contributed by atoms with Gasteiger partial charge in [-0.05, 0) is 12.8 Å². The van der Waals surface area contributed by atoms with Crippen molar-refractivity contribution in [1.29, 1.82) is 0 Å². The first-order valence-electron chi connectivity index (χ1n) is 9.16. The van der Waals surface area contributed by atoms with Gasteiger partial charge in [0.25, 0.3) is 0 Å². The second kappa shape index (κ2) is 9.34. The number of ether oxygens (including phenoxy) is 1. The number of carbonyl (C=O) groups is 1. The Balaban J connectivity index is 1.46. The van der Waals surface area contributed by atoms with Gasteiger partial charge in [0, 0.05) is 50.0 Å². The Morgan fingerprint density at radius 1 is 1.30 bits per heavy atom. The summed E-state index contributed by atoms with van der Waals surface area (Å²) in [5.74, 6) is 1.43. The van der Waals surface area contributed by atoms with Crippen molar-refractivity contribution in [3.8, 4) is 11.4 Å². The molecule has 1 saturated heterocycles. The highest BCUT2D eigenvalue weighted by molar-refractivity contribution is 7.99. The highest BCUT2D eigenvalue weighted by Gasteiger charge is 2.32. The van der Waals surface area contributed by atoms with Gasteiger partial charge in [-0.15, -0.1) is 10.2 Å². The van der Waals surface area contributed by atoms with E-state index in [4.69, 9.17) is 4.74 Å². The van der Waals surface area contributed by atoms with Crippen LogP contribution >= 0.6 is 11.8 Å². The minimum Gasteiger partial charge on any atom is -0.396 e. The molecular weight excluding hydrogens is 364 g/mol. The molecule has 7 nitrogen and oxygen atoms in total. The number of amides is 1. The van der Waals surface area contributed by atoms with Gasteiger partial charge < -0.3 is 19.7 Å². The number of carbonyl (C=O) groups excluding carboxylic acids is 1. The molecule has 0 spiro atoms. The molecule has 0 unspecified atom stereocenters. The third kappa shape index (κ3) is 5.09. The lowest BCUT2D eigenvalue weighted by atomic mass is 9.81. The quantitative estimate of drug-likeness (QED) is 0.669. The number of benzene rings is 1. The van der Waals surface area contributed by atoms with Gasteiger partial charge >= 0.3 is 0 Å². The standard InChI is InChI=1S/C19H26N4O3S/c1-23-17(15-5-3-2-4-6-15)21-22-18(23)27-12-7-16(25)20-13-19(14-24)8-10-26-11-9-19/h2-6,24H,7-14H2,1H3,(H,20,25). The van der Waals surface area contributed by atoms with Crippen molar-refractivity contribution in [2.24, 2.45) is 12.5 Å². The van der Waals surface area contributed by atoms with Crippen LogP contribution in [0, 0.1) is 5.41 Å². The van der Waals surface area contributed by atoms with Crippen LogP contribution in [0.2, 0.25) is 0 Å². The van der Waals surface area contributed by atoms with E-state index in [0.717, 1.165) is 29.4 Å². The summed E-state index contributed by atoms with van der Waals surface area (Å²) in [6, 6.07) is 9.91. The van der Waals surface area contributed by atoms with E-state index in [2.05, 4.69) is 15.5 Å². The number of nitrogens with one attached hydrogen (secondary N) is 1. The topological polar surface area (TPSA) is 89.3 Å². The molecule has 1 aliphatic rings. The van der Waals surface area contributed by atoms with E-state index >= 15 is 0 Å². The van der Waals surface area contributed by atoms with E-state index in [1.165, 1.54) is 11.8 Å². The first-order chi connectivity index (χ1) is 13.1. The van der Waals surface area contributed by atoms with Crippen LogP contribution in [0.4, 0.5) is 0 Å². The van der Waals surface area contributed by atoms with Crippen LogP contribution in [0.5, 0.6) is 0 Å². The Kier molecular flexibility index (Phi) is 6.87. The Morgan fingerprint density at radius 2 is 2.04 bits per heavy atom. The van der Waals surface area contributed by atoms with Crippen molar-refractivity contribution in [3.05, 3.63) is 30.3 Å². The van der Waals surface area contributed by atoms with Crippen molar-refractivity contribution < 1.29 is 14.6 Å². The van der Waals surface area contributed by atoms with Gasteiger partial charge in [0.1, 0.15) is 0 Å². The molecule has 0 saturated carbocycles. The third-order valence-corrected chi connectivity index (χ3v) is 6.00. The zero-order valence-electron chi connectivity index (χ0n) is 15.6. The number of hydrogen-bond donors (Lipinski definition) is 2. The molecule has 1 amide bonds. The molecule has 8 heteroatoms. The molecule has 1 fully saturated rings. The number of hydrogen-bond acceptors (Lipinski definition) is 6. The van der Waals surface area contributed by atoms with Crippen molar-refractivity contribution in [2.45, 2.75) is 24.4 Å². The van der Waals surface area contributed by atoms with E-state index in [1.54, 1.807) is 0 Å². The van der Waals surface area contributed by atoms with Gasteiger partial charge in [-0.3, -0.25) is 4.79 Å². The van der Waals surface area contributed by atoms with Crippen LogP contribution in [-0.4, -0.2) is 57.9 Å². The monoisotopic (exact) mass is 390 g/mol. The fourth-order valence-electron chi connectivity index (χ4n) is 3.08. The van der Waals surface area contributed by atoms with Crippen molar-refractivity contribution >= 4 is 17.7 Å². The van der Waals surface area contributed by atoms with E-state index in [0.29, 0.717) is 31.9 Å². The second-order valence-electron chi connectivity index (χ2n) is 6.88. The molecule has 27 heavy (non-hydrogen) atoms. The smallest absolute Gasteiger partial charge is 0.220 e. The maximum absolute atomic E-state index is 12.2. The van der Waals surface area contributed by atoms with Crippen LogP contribution in [0.15, 0.2) is 35.5 Å². The van der Waals surface area contributed by atoms with Crippen molar-refractivity contribution in [3.63, 3.8) is 0 Å². The van der Waals surface area contributed by atoms with Crippen LogP contribution in [0.1, 0.15) is 19.3 Å². The number of aliphatic hydroxyl groups is 1. The number of nitrogens with zero attached hydrogens (tertiary/aromatic N) is 3. The number of thioether (sulfide) groups is 1. The van der Waals surface area contributed by atoms with E-state index in [1.807, 2.05) is 41.9 Å². The fraction of sp³-hybridized carbons (Fsp3) is 0.526. The number of aliphatic hydroxyl groups excluding tert-OH is 1. The average Bonchev–Trinajstić information content (AvgIpc) is 3.08. The highest BCUT2D eigenvalue weighted by Crippen LogP contribution is 2.29. The van der Waals surface area contributed by atoms with Gasteiger partial charge in [-0.2, -0.15) is 0 Å². The summed E-state index contributed by atoms with van der Waals surface area (Å²) in [5, 5.41) is 21.9. The van der Waals surface area contributed by atoms with E-state index < -0.39 is 0 Å². The van der Waals surface area contributed by atoms with Crippen LogP contribution in [-0.2, 0) is 16.6 Å². The SMILES string of the molecule is Cn1c(SCCC(=O)NCC2(CO)CCOCC2)nnc1-c1ccccc1. The van der Waals surface area contributed by atoms with Crippen LogP contribution in [0.3, 0.4) is 0 Å². The lowest BCUT2D eigenvalue weighted by molar-refractivity contribution is -0.122. The molecular formula is C19H26N4O3S. The minimum atomic E-state index is -0.241. The Morgan fingerprint density at radius 3 is 2.74 bits per heavy atom. The van der Waals surface area contributed by atoms with Crippen LogP contribution < -0.4 is 5.32 Å². The summed E-state index contributed by atoms with van der Waals surface area (Å²) in [7, 11) is 1.93. The third-order valence-electron chi connectivity index (χ3n) is 4.98. The summed E-state index contributed by atoms with van der Waals surface area (Å²) >= 11 is 1.52. The van der Waals surface area contributed by atoms with Crippen LogP contribution in [0.25, 0.3) is 11.4 Å². The average molecular weight is 391 g/mol. The summed E-state index contributed by atoms with van der Waals surface area (Å²) in [4.78, 5) is 12.2. The first-order valence-corrected chi connectivity index (χ1v) is 10.1. The molecule has 2 heterocycles. The van der Waals surface area contributed by atoms with E-state index in [-0.39, 0.29) is 17.9 Å². The van der Waals surface area contributed by atoms with Gasteiger partial charge in [0.2, 0.25) is 5.91 Å². The van der Waals surface area contributed by atoms with Gasteiger partial charge in [0.15, 0.2) is 11.0 Å². The Labute approximate surface area is 163 Å².